The molecule has 6 nitrogen and oxygen atoms in total. The van der Waals surface area contributed by atoms with Crippen LogP contribution >= 0.6 is 0 Å². The minimum Gasteiger partial charge on any atom is -0.370 e. The summed E-state index contributed by atoms with van der Waals surface area (Å²) in [5.74, 6) is 1.65. The Morgan fingerprint density at radius 2 is 1.95 bits per heavy atom. The number of anilines is 2. The van der Waals surface area contributed by atoms with Gasteiger partial charge in [-0.05, 0) is 25.7 Å². The number of pyridine rings is 1. The van der Waals surface area contributed by atoms with Gasteiger partial charge < -0.3 is 10.6 Å². The van der Waals surface area contributed by atoms with Crippen LogP contribution in [-0.4, -0.2) is 22.5 Å². The molecule has 0 saturated heterocycles. The molecule has 20 heavy (non-hydrogen) atoms. The van der Waals surface area contributed by atoms with Crippen LogP contribution in [0.3, 0.4) is 0 Å². The van der Waals surface area contributed by atoms with E-state index in [-0.39, 0.29) is 11.7 Å². The maximum atomic E-state index is 11.0. The van der Waals surface area contributed by atoms with Gasteiger partial charge in [0.05, 0.1) is 17.1 Å². The van der Waals surface area contributed by atoms with Crippen LogP contribution in [0.1, 0.15) is 40.5 Å². The van der Waals surface area contributed by atoms with E-state index >= 15 is 0 Å². The number of nitrogens with zero attached hydrogens (tertiary/aromatic N) is 2. The van der Waals surface area contributed by atoms with Crippen molar-refractivity contribution in [3.8, 4) is 0 Å². The molecule has 2 N–H and O–H groups in total. The van der Waals surface area contributed by atoms with E-state index in [1.54, 1.807) is 0 Å². The van der Waals surface area contributed by atoms with E-state index in [1.165, 1.54) is 12.1 Å². The molecule has 1 atom stereocenters. The van der Waals surface area contributed by atoms with Crippen LogP contribution in [-0.2, 0) is 0 Å². The first-order valence-electron chi connectivity index (χ1n) is 7.09. The fraction of sp³-hybridized carbons (Fsp3) is 0.643. The van der Waals surface area contributed by atoms with E-state index in [4.69, 9.17) is 0 Å². The highest BCUT2D eigenvalue weighted by atomic mass is 16.6. The highest BCUT2D eigenvalue weighted by Crippen LogP contribution is 2.22. The third kappa shape index (κ3) is 5.42. The molecule has 1 unspecified atom stereocenters. The Morgan fingerprint density at radius 3 is 2.50 bits per heavy atom. The quantitative estimate of drug-likeness (QED) is 0.561. The third-order valence-electron chi connectivity index (χ3n) is 2.80. The molecule has 1 rings (SSSR count). The highest BCUT2D eigenvalue weighted by molar-refractivity contribution is 5.54. The van der Waals surface area contributed by atoms with E-state index in [0.717, 1.165) is 19.4 Å². The van der Waals surface area contributed by atoms with Crippen molar-refractivity contribution in [3.05, 3.63) is 22.2 Å². The standard InChI is InChI=1S/C14H24N4O2/c1-5-6-15-13-8-12(18(19)20)9-14(17-13)16-11(4)7-10(2)3/h8-11H,5-7H2,1-4H3,(H2,15,16,17). The van der Waals surface area contributed by atoms with Gasteiger partial charge in [0.2, 0.25) is 0 Å². The van der Waals surface area contributed by atoms with Crippen molar-refractivity contribution >= 4 is 17.3 Å². The average Bonchev–Trinajstić information content (AvgIpc) is 2.34. The zero-order chi connectivity index (χ0) is 15.1. The van der Waals surface area contributed by atoms with Crippen LogP contribution in [0.25, 0.3) is 0 Å². The van der Waals surface area contributed by atoms with Crippen LogP contribution in [0.4, 0.5) is 17.3 Å². The van der Waals surface area contributed by atoms with Crippen molar-refractivity contribution in [1.29, 1.82) is 0 Å². The van der Waals surface area contributed by atoms with E-state index in [1.807, 2.05) is 6.92 Å². The molecule has 0 amide bonds. The van der Waals surface area contributed by atoms with Gasteiger partial charge in [-0.3, -0.25) is 10.1 Å². The van der Waals surface area contributed by atoms with E-state index in [9.17, 15) is 10.1 Å². The van der Waals surface area contributed by atoms with Gasteiger partial charge in [-0.15, -0.1) is 0 Å². The maximum absolute atomic E-state index is 11.0. The zero-order valence-electron chi connectivity index (χ0n) is 12.6. The van der Waals surface area contributed by atoms with Crippen molar-refractivity contribution in [2.24, 2.45) is 5.92 Å². The molecule has 0 aliphatic heterocycles. The lowest BCUT2D eigenvalue weighted by atomic mass is 10.1. The van der Waals surface area contributed by atoms with E-state index < -0.39 is 4.92 Å². The Bertz CT molecular complexity index is 449. The summed E-state index contributed by atoms with van der Waals surface area (Å²) in [6, 6.07) is 3.17. The first-order valence-corrected chi connectivity index (χ1v) is 7.09. The molecule has 6 heteroatoms. The van der Waals surface area contributed by atoms with Gasteiger partial charge >= 0.3 is 0 Å². The number of rotatable bonds is 8. The van der Waals surface area contributed by atoms with Crippen molar-refractivity contribution in [2.75, 3.05) is 17.2 Å². The van der Waals surface area contributed by atoms with Crippen molar-refractivity contribution in [1.82, 2.24) is 4.98 Å². The highest BCUT2D eigenvalue weighted by Gasteiger charge is 2.13. The molecule has 0 aliphatic rings. The Balaban J connectivity index is 2.87. The Morgan fingerprint density at radius 1 is 1.30 bits per heavy atom. The first kappa shape index (κ1) is 16.2. The maximum Gasteiger partial charge on any atom is 0.276 e. The molecule has 0 spiro atoms. The van der Waals surface area contributed by atoms with Crippen molar-refractivity contribution < 1.29 is 4.92 Å². The van der Waals surface area contributed by atoms with Crippen LogP contribution in [0.5, 0.6) is 0 Å². The van der Waals surface area contributed by atoms with Crippen LogP contribution in [0.15, 0.2) is 12.1 Å². The Kier molecular flexibility index (Phi) is 6.21. The molecular weight excluding hydrogens is 256 g/mol. The van der Waals surface area contributed by atoms with Crippen LogP contribution in [0.2, 0.25) is 0 Å². The number of nitrogens with one attached hydrogen (secondary N) is 2. The number of hydrogen-bond acceptors (Lipinski definition) is 5. The van der Waals surface area contributed by atoms with E-state index in [2.05, 4.69) is 36.4 Å². The lowest BCUT2D eigenvalue weighted by Crippen LogP contribution is -2.18. The normalized spacial score (nSPS) is 12.2. The second-order valence-electron chi connectivity index (χ2n) is 5.45. The summed E-state index contributed by atoms with van der Waals surface area (Å²) in [4.78, 5) is 14.9. The molecule has 112 valence electrons. The lowest BCUT2D eigenvalue weighted by Gasteiger charge is -2.17. The van der Waals surface area contributed by atoms with Gasteiger partial charge in [-0.25, -0.2) is 4.98 Å². The largest absolute Gasteiger partial charge is 0.370 e. The topological polar surface area (TPSA) is 80.1 Å². The van der Waals surface area contributed by atoms with Crippen molar-refractivity contribution in [3.63, 3.8) is 0 Å². The number of hydrogen-bond donors (Lipinski definition) is 2. The first-order chi connectivity index (χ1) is 9.42. The Labute approximate surface area is 120 Å². The molecule has 0 aliphatic carbocycles. The van der Waals surface area contributed by atoms with Crippen molar-refractivity contribution in [2.45, 2.75) is 46.6 Å². The van der Waals surface area contributed by atoms with Gasteiger partial charge in [-0.1, -0.05) is 20.8 Å². The second kappa shape index (κ2) is 7.67. The minimum atomic E-state index is -0.392. The monoisotopic (exact) mass is 280 g/mol. The van der Waals surface area contributed by atoms with Gasteiger partial charge in [-0.2, -0.15) is 0 Å². The number of aromatic nitrogens is 1. The summed E-state index contributed by atoms with van der Waals surface area (Å²) in [5.41, 5.74) is 0.0536. The molecule has 0 radical (unpaired) electrons. The minimum absolute atomic E-state index is 0.0536. The van der Waals surface area contributed by atoms with Gasteiger partial charge in [0, 0.05) is 12.6 Å². The molecule has 0 fully saturated rings. The summed E-state index contributed by atoms with van der Waals surface area (Å²) in [6.45, 7) is 9.13. The second-order valence-corrected chi connectivity index (χ2v) is 5.45. The smallest absolute Gasteiger partial charge is 0.276 e. The summed E-state index contributed by atoms with van der Waals surface area (Å²) in [6.07, 6.45) is 1.93. The summed E-state index contributed by atoms with van der Waals surface area (Å²) >= 11 is 0. The van der Waals surface area contributed by atoms with Gasteiger partial charge in [0.25, 0.3) is 5.69 Å². The molecule has 0 aromatic carbocycles. The molecule has 0 saturated carbocycles. The molecule has 1 aromatic heterocycles. The number of nitro groups is 1. The van der Waals surface area contributed by atoms with Crippen LogP contribution in [0, 0.1) is 16.0 Å². The molecule has 1 heterocycles. The predicted octanol–water partition coefficient (Wildman–Crippen LogP) is 3.66. The fourth-order valence-corrected chi connectivity index (χ4v) is 2.06. The van der Waals surface area contributed by atoms with Gasteiger partial charge in [0.1, 0.15) is 11.6 Å². The zero-order valence-corrected chi connectivity index (χ0v) is 12.6. The summed E-state index contributed by atoms with van der Waals surface area (Å²) in [7, 11) is 0. The van der Waals surface area contributed by atoms with E-state index in [0.29, 0.717) is 17.6 Å². The third-order valence-corrected chi connectivity index (χ3v) is 2.80. The Hall–Kier alpha value is -1.85. The van der Waals surface area contributed by atoms with Crippen LogP contribution < -0.4 is 10.6 Å². The summed E-state index contributed by atoms with van der Waals surface area (Å²) < 4.78 is 0. The van der Waals surface area contributed by atoms with Gasteiger partial charge in [0.15, 0.2) is 0 Å². The SMILES string of the molecule is CCCNc1cc([N+](=O)[O-])cc(NC(C)CC(C)C)n1. The molecule has 1 aromatic rings. The predicted molar refractivity (Wildman–Crippen MR) is 82.2 cm³/mol. The average molecular weight is 280 g/mol. The molecular formula is C14H24N4O2. The lowest BCUT2D eigenvalue weighted by molar-refractivity contribution is -0.384. The summed E-state index contributed by atoms with van der Waals surface area (Å²) in [5, 5.41) is 17.3. The fourth-order valence-electron chi connectivity index (χ4n) is 2.06. The molecule has 0 bridgehead atoms.